The Morgan fingerprint density at radius 1 is 1.45 bits per heavy atom. The Kier molecular flexibility index (Phi) is 3.87. The molecule has 2 atom stereocenters. The van der Waals surface area contributed by atoms with Crippen LogP contribution in [0, 0.1) is 0 Å². The summed E-state index contributed by atoms with van der Waals surface area (Å²) in [4.78, 5) is 12.7. The Bertz CT molecular complexity index is 513. The minimum Gasteiger partial charge on any atom is -0.352 e. The lowest BCUT2D eigenvalue weighted by Crippen LogP contribution is -2.49. The topological polar surface area (TPSA) is 41.1 Å². The van der Waals surface area contributed by atoms with E-state index in [9.17, 15) is 4.79 Å². The Balaban J connectivity index is 1.70. The molecule has 2 fully saturated rings. The summed E-state index contributed by atoms with van der Waals surface area (Å²) in [5.41, 5.74) is 0.879. The second-order valence-electron chi connectivity index (χ2n) is 6.14. The van der Waals surface area contributed by atoms with Crippen LogP contribution in [-0.4, -0.2) is 24.5 Å². The SMILES string of the molecule is CC1CC(NC(=O)C2(c3cccc(Br)c3)CC2)CCN1. The standard InChI is InChI=1S/C16H21BrN2O/c1-11-9-14(5-8-18-11)19-15(20)16(6-7-16)12-3-2-4-13(17)10-12/h2-4,10-11,14,18H,5-9H2,1H3,(H,19,20). The molecule has 3 nitrogen and oxygen atoms in total. The van der Waals surface area contributed by atoms with Crippen LogP contribution in [0.3, 0.4) is 0 Å². The second kappa shape index (κ2) is 5.49. The molecule has 4 heteroatoms. The van der Waals surface area contributed by atoms with Crippen LogP contribution in [0.2, 0.25) is 0 Å². The smallest absolute Gasteiger partial charge is 0.230 e. The Morgan fingerprint density at radius 3 is 2.90 bits per heavy atom. The number of hydrogen-bond acceptors (Lipinski definition) is 2. The van der Waals surface area contributed by atoms with Gasteiger partial charge in [0.05, 0.1) is 5.41 Å². The Labute approximate surface area is 128 Å². The molecule has 1 amide bonds. The molecule has 2 unspecified atom stereocenters. The zero-order chi connectivity index (χ0) is 14.2. The zero-order valence-electron chi connectivity index (χ0n) is 11.8. The fraction of sp³-hybridized carbons (Fsp3) is 0.562. The van der Waals surface area contributed by atoms with Gasteiger partial charge in [-0.3, -0.25) is 4.79 Å². The quantitative estimate of drug-likeness (QED) is 0.891. The largest absolute Gasteiger partial charge is 0.352 e. The number of hydrogen-bond donors (Lipinski definition) is 2. The maximum atomic E-state index is 12.7. The minimum atomic E-state index is -0.266. The van der Waals surface area contributed by atoms with E-state index in [2.05, 4.69) is 45.6 Å². The molecule has 1 aromatic rings. The number of carbonyl (C=O) groups excluding carboxylic acids is 1. The third kappa shape index (κ3) is 2.77. The number of piperidine rings is 1. The molecule has 1 aromatic carbocycles. The average Bonchev–Trinajstić information content (AvgIpc) is 3.20. The van der Waals surface area contributed by atoms with Crippen molar-refractivity contribution < 1.29 is 4.79 Å². The average molecular weight is 337 g/mol. The van der Waals surface area contributed by atoms with Gasteiger partial charge in [0.25, 0.3) is 0 Å². The molecule has 1 heterocycles. The predicted molar refractivity (Wildman–Crippen MR) is 83.7 cm³/mol. The number of nitrogens with one attached hydrogen (secondary N) is 2. The molecule has 2 aliphatic rings. The lowest BCUT2D eigenvalue weighted by molar-refractivity contribution is -0.124. The third-order valence-electron chi connectivity index (χ3n) is 4.52. The van der Waals surface area contributed by atoms with Crippen molar-refractivity contribution in [2.75, 3.05) is 6.54 Å². The first kappa shape index (κ1) is 14.1. The fourth-order valence-corrected chi connectivity index (χ4v) is 3.54. The number of amides is 1. The van der Waals surface area contributed by atoms with Gasteiger partial charge in [0.1, 0.15) is 0 Å². The first-order valence-corrected chi connectivity index (χ1v) is 8.20. The first-order chi connectivity index (χ1) is 9.60. The summed E-state index contributed by atoms with van der Waals surface area (Å²) in [7, 11) is 0. The summed E-state index contributed by atoms with van der Waals surface area (Å²) < 4.78 is 1.05. The van der Waals surface area contributed by atoms with Crippen LogP contribution < -0.4 is 10.6 Å². The molecule has 20 heavy (non-hydrogen) atoms. The van der Waals surface area contributed by atoms with Crippen LogP contribution in [0.1, 0.15) is 38.2 Å². The number of rotatable bonds is 3. The van der Waals surface area contributed by atoms with Gasteiger partial charge in [0.2, 0.25) is 5.91 Å². The van der Waals surface area contributed by atoms with Crippen molar-refractivity contribution in [3.8, 4) is 0 Å². The summed E-state index contributed by atoms with van der Waals surface area (Å²) in [5.74, 6) is 0.217. The predicted octanol–water partition coefficient (Wildman–Crippen LogP) is 2.74. The van der Waals surface area contributed by atoms with Gasteiger partial charge in [-0.2, -0.15) is 0 Å². The Morgan fingerprint density at radius 2 is 2.25 bits per heavy atom. The summed E-state index contributed by atoms with van der Waals surface area (Å²) in [5, 5.41) is 6.70. The second-order valence-corrected chi connectivity index (χ2v) is 7.06. The van der Waals surface area contributed by atoms with Gasteiger partial charge in [0, 0.05) is 16.6 Å². The highest BCUT2D eigenvalue weighted by Gasteiger charge is 2.51. The van der Waals surface area contributed by atoms with Crippen LogP contribution in [0.4, 0.5) is 0 Å². The van der Waals surface area contributed by atoms with Gasteiger partial charge < -0.3 is 10.6 Å². The summed E-state index contributed by atoms with van der Waals surface area (Å²) in [6.45, 7) is 3.18. The van der Waals surface area contributed by atoms with Crippen molar-refractivity contribution in [1.82, 2.24) is 10.6 Å². The van der Waals surface area contributed by atoms with Crippen LogP contribution in [-0.2, 0) is 10.2 Å². The molecular formula is C16H21BrN2O. The van der Waals surface area contributed by atoms with Crippen LogP contribution in [0.15, 0.2) is 28.7 Å². The maximum absolute atomic E-state index is 12.7. The van der Waals surface area contributed by atoms with E-state index in [0.29, 0.717) is 12.1 Å². The van der Waals surface area contributed by atoms with E-state index in [1.54, 1.807) is 0 Å². The van der Waals surface area contributed by atoms with Gasteiger partial charge >= 0.3 is 0 Å². The molecule has 1 saturated heterocycles. The molecule has 1 aliphatic heterocycles. The number of halogens is 1. The lowest BCUT2D eigenvalue weighted by Gasteiger charge is -2.30. The summed E-state index contributed by atoms with van der Waals surface area (Å²) >= 11 is 3.50. The molecule has 1 aliphatic carbocycles. The number of benzene rings is 1. The zero-order valence-corrected chi connectivity index (χ0v) is 13.4. The van der Waals surface area contributed by atoms with Gasteiger partial charge in [-0.25, -0.2) is 0 Å². The molecular weight excluding hydrogens is 316 g/mol. The minimum absolute atomic E-state index is 0.217. The molecule has 2 N–H and O–H groups in total. The molecule has 0 bridgehead atoms. The van der Waals surface area contributed by atoms with Gasteiger partial charge in [-0.15, -0.1) is 0 Å². The van der Waals surface area contributed by atoms with Crippen molar-refractivity contribution in [2.45, 2.75) is 50.1 Å². The van der Waals surface area contributed by atoms with E-state index in [1.165, 1.54) is 0 Å². The van der Waals surface area contributed by atoms with Gasteiger partial charge in [-0.05, 0) is 56.8 Å². The van der Waals surface area contributed by atoms with Crippen LogP contribution >= 0.6 is 15.9 Å². The van der Waals surface area contributed by atoms with Crippen molar-refractivity contribution >= 4 is 21.8 Å². The fourth-order valence-electron chi connectivity index (χ4n) is 3.14. The van der Waals surface area contributed by atoms with Crippen molar-refractivity contribution in [3.05, 3.63) is 34.3 Å². The molecule has 3 rings (SSSR count). The van der Waals surface area contributed by atoms with E-state index >= 15 is 0 Å². The normalized spacial score (nSPS) is 27.9. The van der Waals surface area contributed by atoms with Gasteiger partial charge in [-0.1, -0.05) is 28.1 Å². The van der Waals surface area contributed by atoms with Gasteiger partial charge in [0.15, 0.2) is 0 Å². The third-order valence-corrected chi connectivity index (χ3v) is 5.01. The van der Waals surface area contributed by atoms with Crippen LogP contribution in [0.25, 0.3) is 0 Å². The highest BCUT2D eigenvalue weighted by atomic mass is 79.9. The number of carbonyl (C=O) groups is 1. The van der Waals surface area contributed by atoms with Crippen molar-refractivity contribution in [1.29, 1.82) is 0 Å². The van der Waals surface area contributed by atoms with Crippen LogP contribution in [0.5, 0.6) is 0 Å². The lowest BCUT2D eigenvalue weighted by atomic mass is 9.93. The monoisotopic (exact) mass is 336 g/mol. The highest BCUT2D eigenvalue weighted by molar-refractivity contribution is 9.10. The maximum Gasteiger partial charge on any atom is 0.230 e. The van der Waals surface area contributed by atoms with E-state index in [-0.39, 0.29) is 11.3 Å². The molecule has 0 spiro atoms. The van der Waals surface area contributed by atoms with Crippen molar-refractivity contribution in [2.24, 2.45) is 0 Å². The van der Waals surface area contributed by atoms with E-state index in [0.717, 1.165) is 42.3 Å². The van der Waals surface area contributed by atoms with E-state index in [4.69, 9.17) is 0 Å². The molecule has 0 radical (unpaired) electrons. The first-order valence-electron chi connectivity index (χ1n) is 7.40. The summed E-state index contributed by atoms with van der Waals surface area (Å²) in [6, 6.07) is 8.99. The van der Waals surface area contributed by atoms with E-state index < -0.39 is 0 Å². The Hall–Kier alpha value is -0.870. The van der Waals surface area contributed by atoms with Crippen molar-refractivity contribution in [3.63, 3.8) is 0 Å². The molecule has 108 valence electrons. The highest BCUT2D eigenvalue weighted by Crippen LogP contribution is 2.49. The summed E-state index contributed by atoms with van der Waals surface area (Å²) in [6.07, 6.45) is 4.00. The molecule has 1 saturated carbocycles. The van der Waals surface area contributed by atoms with E-state index in [1.807, 2.05) is 12.1 Å². The molecule has 0 aromatic heterocycles.